The number of carbonyl (C=O) groups is 1. The maximum Gasteiger partial charge on any atom is 0.416 e. The predicted octanol–water partition coefficient (Wildman–Crippen LogP) is 3.18. The molecule has 1 rings (SSSR count). The number of benzene rings is 1. The van der Waals surface area contributed by atoms with Crippen LogP contribution >= 0.6 is 0 Å². The van der Waals surface area contributed by atoms with Crippen LogP contribution in [0.5, 0.6) is 0 Å². The second-order valence-electron chi connectivity index (χ2n) is 4.82. The average molecular weight is 344 g/mol. The van der Waals surface area contributed by atoms with E-state index in [-0.39, 0.29) is 11.3 Å². The molecule has 0 bridgehead atoms. The van der Waals surface area contributed by atoms with Crippen LogP contribution in [0, 0.1) is 0 Å². The van der Waals surface area contributed by atoms with E-state index in [0.29, 0.717) is 4.90 Å². The van der Waals surface area contributed by atoms with Crippen LogP contribution in [0.3, 0.4) is 0 Å². The van der Waals surface area contributed by atoms with Crippen LogP contribution in [0.25, 0.3) is 0 Å². The van der Waals surface area contributed by atoms with E-state index in [1.807, 2.05) is 0 Å². The minimum absolute atomic E-state index is 0.164. The molecule has 1 unspecified atom stereocenters. The number of aliphatic hydroxyl groups excluding tert-OH is 1. The van der Waals surface area contributed by atoms with Crippen molar-refractivity contribution >= 4 is 11.7 Å². The Kier molecular flexibility index (Phi) is 5.86. The first-order valence-electron chi connectivity index (χ1n) is 6.31. The first kappa shape index (κ1) is 19.1. The van der Waals surface area contributed by atoms with Crippen LogP contribution < -0.4 is 5.32 Å². The van der Waals surface area contributed by atoms with Crippen molar-refractivity contribution in [3.8, 4) is 0 Å². The molecule has 0 aliphatic rings. The summed E-state index contributed by atoms with van der Waals surface area (Å²) in [6, 6.07) is 4.00. The van der Waals surface area contributed by atoms with Crippen LogP contribution in [0.15, 0.2) is 24.3 Å². The Balaban J connectivity index is 2.78. The molecular weight excluding hydrogens is 330 g/mol. The zero-order valence-electron chi connectivity index (χ0n) is 11.9. The molecule has 0 spiro atoms. The number of para-hydroxylation sites is 1. The van der Waals surface area contributed by atoms with Gasteiger partial charge in [0.05, 0.1) is 13.0 Å². The molecule has 10 heteroatoms. The first-order valence-corrected chi connectivity index (χ1v) is 6.31. The van der Waals surface area contributed by atoms with E-state index in [0.717, 1.165) is 13.1 Å². The Morgan fingerprint density at radius 1 is 1.22 bits per heavy atom. The fraction of sp³-hybridized carbons (Fsp3) is 0.462. The number of anilines is 1. The summed E-state index contributed by atoms with van der Waals surface area (Å²) in [6.07, 6.45) is -13.4. The third-order valence-electron chi connectivity index (χ3n) is 2.82. The zero-order valence-corrected chi connectivity index (χ0v) is 11.9. The number of rotatable bonds is 4. The number of nitrogens with zero attached hydrogens (tertiary/aromatic N) is 1. The highest BCUT2D eigenvalue weighted by atomic mass is 19.4. The lowest BCUT2D eigenvalue weighted by molar-refractivity contribution is -0.205. The van der Waals surface area contributed by atoms with Crippen molar-refractivity contribution in [2.24, 2.45) is 0 Å². The Bertz CT molecular complexity index is 544. The number of aliphatic hydroxyl groups is 1. The molecule has 0 radical (unpaired) electrons. The van der Waals surface area contributed by atoms with Crippen molar-refractivity contribution < 1.29 is 36.2 Å². The van der Waals surface area contributed by atoms with Crippen LogP contribution in [0.2, 0.25) is 0 Å². The molecule has 1 aromatic carbocycles. The predicted molar refractivity (Wildman–Crippen MR) is 69.9 cm³/mol. The Hall–Kier alpha value is -1.97. The van der Waals surface area contributed by atoms with Crippen molar-refractivity contribution in [2.75, 3.05) is 18.9 Å². The number of halogens is 6. The van der Waals surface area contributed by atoms with Gasteiger partial charge in [0.1, 0.15) is 0 Å². The monoisotopic (exact) mass is 344 g/mol. The molecular formula is C13H14F6N2O2. The van der Waals surface area contributed by atoms with Gasteiger partial charge in [-0.25, -0.2) is 4.79 Å². The summed E-state index contributed by atoms with van der Waals surface area (Å²) >= 11 is 0. The highest BCUT2D eigenvalue weighted by molar-refractivity contribution is 5.90. The Morgan fingerprint density at radius 3 is 2.30 bits per heavy atom. The topological polar surface area (TPSA) is 52.6 Å². The van der Waals surface area contributed by atoms with E-state index in [2.05, 4.69) is 5.32 Å². The molecule has 0 fully saturated rings. The van der Waals surface area contributed by atoms with Crippen LogP contribution in [0.4, 0.5) is 36.8 Å². The smallest absolute Gasteiger partial charge is 0.382 e. The van der Waals surface area contributed by atoms with E-state index in [4.69, 9.17) is 5.11 Å². The number of urea groups is 1. The van der Waals surface area contributed by atoms with Crippen molar-refractivity contribution in [1.29, 1.82) is 0 Å². The molecule has 130 valence electrons. The maximum absolute atomic E-state index is 12.4. The number of nitrogens with one attached hydrogen (secondary N) is 1. The van der Waals surface area contributed by atoms with Gasteiger partial charge in [-0.15, -0.1) is 0 Å². The molecule has 2 N–H and O–H groups in total. The van der Waals surface area contributed by atoms with Crippen molar-refractivity contribution in [2.45, 2.75) is 24.9 Å². The molecule has 1 atom stereocenters. The standard InChI is InChI=1S/C13H14F6N2O2/c1-21(7-10(22)13(17,18)19)11(23)20-9-5-3-2-4-8(9)6-12(14,15)16/h2-5,10,22H,6-7H2,1H3,(H,20,23). The number of likely N-dealkylation sites (N-methyl/N-ethyl adjacent to an activating group) is 1. The lowest BCUT2D eigenvalue weighted by Crippen LogP contribution is -2.43. The van der Waals surface area contributed by atoms with Gasteiger partial charge >= 0.3 is 18.4 Å². The summed E-state index contributed by atoms with van der Waals surface area (Å²) in [5, 5.41) is 11.0. The lowest BCUT2D eigenvalue weighted by atomic mass is 10.1. The number of carbonyl (C=O) groups excluding carboxylic acids is 1. The number of alkyl halides is 6. The van der Waals surface area contributed by atoms with Crippen molar-refractivity contribution in [1.82, 2.24) is 4.90 Å². The highest BCUT2D eigenvalue weighted by Crippen LogP contribution is 2.26. The van der Waals surface area contributed by atoms with E-state index in [9.17, 15) is 31.1 Å². The molecule has 0 aromatic heterocycles. The molecule has 0 saturated carbocycles. The summed E-state index contributed by atoms with van der Waals surface area (Å²) < 4.78 is 74.0. The molecule has 0 aliphatic heterocycles. The summed E-state index contributed by atoms with van der Waals surface area (Å²) in [6.45, 7) is -1.04. The summed E-state index contributed by atoms with van der Waals surface area (Å²) in [7, 11) is 0.983. The Morgan fingerprint density at radius 2 is 1.78 bits per heavy atom. The normalized spacial score (nSPS) is 13.6. The second kappa shape index (κ2) is 7.07. The minimum Gasteiger partial charge on any atom is -0.382 e. The second-order valence-corrected chi connectivity index (χ2v) is 4.82. The van der Waals surface area contributed by atoms with E-state index < -0.39 is 37.5 Å². The summed E-state index contributed by atoms with van der Waals surface area (Å²) in [5.41, 5.74) is -0.388. The van der Waals surface area contributed by atoms with E-state index >= 15 is 0 Å². The molecule has 1 aromatic rings. The third kappa shape index (κ3) is 6.35. The van der Waals surface area contributed by atoms with Gasteiger partial charge in [-0.1, -0.05) is 18.2 Å². The van der Waals surface area contributed by atoms with Gasteiger partial charge < -0.3 is 15.3 Å². The summed E-state index contributed by atoms with van der Waals surface area (Å²) in [5.74, 6) is 0. The van der Waals surface area contributed by atoms with Gasteiger partial charge in [-0.05, 0) is 11.6 Å². The molecule has 0 aliphatic carbocycles. The average Bonchev–Trinajstić information content (AvgIpc) is 2.38. The maximum atomic E-state index is 12.4. The van der Waals surface area contributed by atoms with Gasteiger partial charge in [-0.3, -0.25) is 0 Å². The van der Waals surface area contributed by atoms with E-state index in [1.54, 1.807) is 0 Å². The number of hydrogen-bond donors (Lipinski definition) is 2. The van der Waals surface area contributed by atoms with Crippen molar-refractivity contribution in [3.63, 3.8) is 0 Å². The van der Waals surface area contributed by atoms with Gasteiger partial charge in [0.2, 0.25) is 0 Å². The zero-order chi connectivity index (χ0) is 17.8. The molecule has 4 nitrogen and oxygen atoms in total. The number of amides is 2. The fourth-order valence-electron chi connectivity index (χ4n) is 1.67. The lowest BCUT2D eigenvalue weighted by Gasteiger charge is -2.23. The fourth-order valence-corrected chi connectivity index (χ4v) is 1.67. The summed E-state index contributed by atoms with van der Waals surface area (Å²) in [4.78, 5) is 12.3. The van der Waals surface area contributed by atoms with Crippen LogP contribution in [-0.2, 0) is 6.42 Å². The van der Waals surface area contributed by atoms with E-state index in [1.165, 1.54) is 18.2 Å². The minimum atomic E-state index is -4.90. The Labute approximate surface area is 127 Å². The van der Waals surface area contributed by atoms with Crippen LogP contribution in [0.1, 0.15) is 5.56 Å². The SMILES string of the molecule is CN(CC(O)C(F)(F)F)C(=O)Nc1ccccc1CC(F)(F)F. The van der Waals surface area contributed by atoms with Gasteiger partial charge in [0.15, 0.2) is 6.10 Å². The number of hydrogen-bond acceptors (Lipinski definition) is 2. The first-order chi connectivity index (χ1) is 10.4. The molecule has 23 heavy (non-hydrogen) atoms. The largest absolute Gasteiger partial charge is 0.416 e. The van der Waals surface area contributed by atoms with Crippen molar-refractivity contribution in [3.05, 3.63) is 29.8 Å². The highest BCUT2D eigenvalue weighted by Gasteiger charge is 2.39. The molecule has 0 saturated heterocycles. The molecule has 2 amide bonds. The third-order valence-corrected chi connectivity index (χ3v) is 2.82. The van der Waals surface area contributed by atoms with Gasteiger partial charge in [0.25, 0.3) is 0 Å². The van der Waals surface area contributed by atoms with Gasteiger partial charge in [0, 0.05) is 12.7 Å². The quantitative estimate of drug-likeness (QED) is 0.825. The molecule has 0 heterocycles. The van der Waals surface area contributed by atoms with Crippen LogP contribution in [-0.4, -0.2) is 48.1 Å². The van der Waals surface area contributed by atoms with Gasteiger partial charge in [-0.2, -0.15) is 26.3 Å².